The van der Waals surface area contributed by atoms with Crippen LogP contribution in [0.25, 0.3) is 11.1 Å². The summed E-state index contributed by atoms with van der Waals surface area (Å²) >= 11 is 1.61. The first-order chi connectivity index (χ1) is 16.0. The van der Waals surface area contributed by atoms with Gasteiger partial charge in [0.25, 0.3) is 5.91 Å². The lowest BCUT2D eigenvalue weighted by Gasteiger charge is -2.31. The van der Waals surface area contributed by atoms with Gasteiger partial charge in [-0.15, -0.1) is 11.3 Å². The van der Waals surface area contributed by atoms with E-state index in [1.54, 1.807) is 11.3 Å². The van der Waals surface area contributed by atoms with Crippen LogP contribution in [0.3, 0.4) is 0 Å². The number of thiophene rings is 1. The summed E-state index contributed by atoms with van der Waals surface area (Å²) in [5, 5.41) is 7.76. The molecule has 0 bridgehead atoms. The third kappa shape index (κ3) is 3.82. The third-order valence-electron chi connectivity index (χ3n) is 6.53. The molecule has 2 heterocycles. The molecule has 7 heteroatoms. The molecule has 1 saturated heterocycles. The van der Waals surface area contributed by atoms with Crippen molar-refractivity contribution in [1.29, 1.82) is 0 Å². The largest absolute Gasteiger partial charge is 0.348 e. The zero-order chi connectivity index (χ0) is 23.0. The van der Waals surface area contributed by atoms with Crippen LogP contribution in [-0.2, 0) is 21.5 Å². The van der Waals surface area contributed by atoms with Gasteiger partial charge in [0.2, 0.25) is 5.91 Å². The zero-order valence-electron chi connectivity index (χ0n) is 18.3. The standard InChI is InChI=1S/C26H25N3O3S/c1-17(18-9-11-20(12-10-18)19-6-3-2-4-7-19)27-23(30)16-29-24(31)26(28-25(29)32)14-5-8-22-21(26)13-15-33-22/h2-4,6-7,9-13,15,17H,5,8,14,16H2,1H3,(H,27,30)(H,28,32)/t17-,26-/m1/s1. The van der Waals surface area contributed by atoms with Gasteiger partial charge < -0.3 is 10.6 Å². The number of fused-ring (bicyclic) bond motifs is 2. The molecule has 0 unspecified atom stereocenters. The molecular formula is C26H25N3O3S. The predicted octanol–water partition coefficient (Wildman–Crippen LogP) is 4.38. The molecule has 1 aliphatic heterocycles. The highest BCUT2D eigenvalue weighted by molar-refractivity contribution is 7.10. The van der Waals surface area contributed by atoms with E-state index in [2.05, 4.69) is 22.8 Å². The van der Waals surface area contributed by atoms with Gasteiger partial charge in [0, 0.05) is 10.4 Å². The number of benzene rings is 2. The van der Waals surface area contributed by atoms with Gasteiger partial charge in [-0.2, -0.15) is 0 Å². The lowest BCUT2D eigenvalue weighted by atomic mass is 9.80. The molecule has 168 valence electrons. The number of amides is 4. The third-order valence-corrected chi connectivity index (χ3v) is 7.51. The van der Waals surface area contributed by atoms with Crippen molar-refractivity contribution in [1.82, 2.24) is 15.5 Å². The van der Waals surface area contributed by atoms with E-state index in [0.717, 1.165) is 44.9 Å². The van der Waals surface area contributed by atoms with Gasteiger partial charge in [0.05, 0.1) is 6.04 Å². The number of hydrogen-bond acceptors (Lipinski definition) is 4. The second-order valence-electron chi connectivity index (χ2n) is 8.62. The maximum Gasteiger partial charge on any atom is 0.325 e. The summed E-state index contributed by atoms with van der Waals surface area (Å²) in [6, 6.07) is 19.3. The van der Waals surface area contributed by atoms with E-state index in [9.17, 15) is 14.4 Å². The Labute approximate surface area is 196 Å². The van der Waals surface area contributed by atoms with Crippen LogP contribution in [0, 0.1) is 0 Å². The number of imide groups is 1. The fourth-order valence-electron chi connectivity index (χ4n) is 4.79. The van der Waals surface area contributed by atoms with Crippen LogP contribution in [0.5, 0.6) is 0 Å². The Balaban J connectivity index is 1.25. The molecule has 1 aliphatic carbocycles. The molecule has 5 rings (SSSR count). The van der Waals surface area contributed by atoms with Crippen LogP contribution in [0.2, 0.25) is 0 Å². The van der Waals surface area contributed by atoms with Crippen molar-refractivity contribution in [2.24, 2.45) is 0 Å². The lowest BCUT2D eigenvalue weighted by molar-refractivity contribution is -0.135. The van der Waals surface area contributed by atoms with E-state index in [1.807, 2.05) is 60.8 Å². The molecule has 0 radical (unpaired) electrons. The topological polar surface area (TPSA) is 78.5 Å². The van der Waals surface area contributed by atoms with Crippen molar-refractivity contribution >= 4 is 29.2 Å². The summed E-state index contributed by atoms with van der Waals surface area (Å²) in [5.74, 6) is -0.696. The molecule has 2 atom stereocenters. The highest BCUT2D eigenvalue weighted by Gasteiger charge is 2.54. The van der Waals surface area contributed by atoms with Crippen LogP contribution < -0.4 is 10.6 Å². The Morgan fingerprint density at radius 2 is 1.82 bits per heavy atom. The number of carbonyl (C=O) groups excluding carboxylic acids is 3. The molecule has 3 aromatic rings. The second kappa shape index (κ2) is 8.48. The molecular weight excluding hydrogens is 434 g/mol. The van der Waals surface area contributed by atoms with Crippen LogP contribution in [0.4, 0.5) is 4.79 Å². The number of hydrogen-bond donors (Lipinski definition) is 2. The van der Waals surface area contributed by atoms with Crippen molar-refractivity contribution in [2.45, 2.75) is 37.8 Å². The Kier molecular flexibility index (Phi) is 5.50. The average Bonchev–Trinajstić information content (AvgIpc) is 3.40. The predicted molar refractivity (Wildman–Crippen MR) is 128 cm³/mol. The first-order valence-electron chi connectivity index (χ1n) is 11.1. The molecule has 4 amide bonds. The van der Waals surface area contributed by atoms with E-state index in [4.69, 9.17) is 0 Å². The van der Waals surface area contributed by atoms with Crippen LogP contribution >= 0.6 is 11.3 Å². The second-order valence-corrected chi connectivity index (χ2v) is 9.62. The van der Waals surface area contributed by atoms with Gasteiger partial charge in [0.15, 0.2) is 0 Å². The van der Waals surface area contributed by atoms with Crippen molar-refractivity contribution in [3.63, 3.8) is 0 Å². The quantitative estimate of drug-likeness (QED) is 0.556. The van der Waals surface area contributed by atoms with E-state index in [1.165, 1.54) is 0 Å². The van der Waals surface area contributed by atoms with Gasteiger partial charge in [-0.25, -0.2) is 4.79 Å². The Morgan fingerprint density at radius 1 is 1.09 bits per heavy atom. The first-order valence-corrected chi connectivity index (χ1v) is 12.0. The van der Waals surface area contributed by atoms with Gasteiger partial charge in [-0.1, -0.05) is 54.6 Å². The SMILES string of the molecule is C[C@@H](NC(=O)CN1C(=O)N[C@@]2(CCCc3sccc32)C1=O)c1ccc(-c2ccccc2)cc1. The van der Waals surface area contributed by atoms with E-state index in [-0.39, 0.29) is 24.4 Å². The summed E-state index contributed by atoms with van der Waals surface area (Å²) in [4.78, 5) is 40.9. The number of nitrogens with zero attached hydrogens (tertiary/aromatic N) is 1. The van der Waals surface area contributed by atoms with Gasteiger partial charge in [0.1, 0.15) is 12.1 Å². The van der Waals surface area contributed by atoms with Gasteiger partial charge >= 0.3 is 6.03 Å². The maximum absolute atomic E-state index is 13.3. The van der Waals surface area contributed by atoms with E-state index in [0.29, 0.717) is 6.42 Å². The fourth-order valence-corrected chi connectivity index (χ4v) is 5.79. The number of carbonyl (C=O) groups is 3. The Morgan fingerprint density at radius 3 is 2.58 bits per heavy atom. The molecule has 6 nitrogen and oxygen atoms in total. The highest BCUT2D eigenvalue weighted by atomic mass is 32.1. The molecule has 2 aliphatic rings. The van der Waals surface area contributed by atoms with Gasteiger partial charge in [-0.05, 0) is 54.3 Å². The average molecular weight is 460 g/mol. The lowest BCUT2D eigenvalue weighted by Crippen LogP contribution is -2.47. The molecule has 2 aromatic carbocycles. The number of aryl methyl sites for hydroxylation is 1. The Hall–Kier alpha value is -3.45. The summed E-state index contributed by atoms with van der Waals surface area (Å²) in [6.45, 7) is 1.60. The van der Waals surface area contributed by atoms with E-state index >= 15 is 0 Å². The normalized spacial score (nSPS) is 20.5. The van der Waals surface area contributed by atoms with Crippen LogP contribution in [0.15, 0.2) is 66.0 Å². The molecule has 1 spiro atoms. The first kappa shape index (κ1) is 21.4. The fraction of sp³-hybridized carbons (Fsp3) is 0.269. The highest BCUT2D eigenvalue weighted by Crippen LogP contribution is 2.42. The monoisotopic (exact) mass is 459 g/mol. The summed E-state index contributed by atoms with van der Waals surface area (Å²) in [5.41, 5.74) is 3.04. The summed E-state index contributed by atoms with van der Waals surface area (Å²) in [7, 11) is 0. The number of urea groups is 1. The smallest absolute Gasteiger partial charge is 0.325 e. The molecule has 1 fully saturated rings. The van der Waals surface area contributed by atoms with Crippen molar-refractivity contribution in [3.8, 4) is 11.1 Å². The minimum absolute atomic E-state index is 0.254. The molecule has 0 saturated carbocycles. The van der Waals surface area contributed by atoms with Crippen LogP contribution in [0.1, 0.15) is 41.8 Å². The molecule has 33 heavy (non-hydrogen) atoms. The number of rotatable bonds is 5. The van der Waals surface area contributed by atoms with Crippen molar-refractivity contribution in [2.75, 3.05) is 6.54 Å². The van der Waals surface area contributed by atoms with Crippen LogP contribution in [-0.4, -0.2) is 29.3 Å². The summed E-state index contributed by atoms with van der Waals surface area (Å²) < 4.78 is 0. The zero-order valence-corrected chi connectivity index (χ0v) is 19.2. The minimum atomic E-state index is -1.02. The van der Waals surface area contributed by atoms with Crippen molar-refractivity contribution in [3.05, 3.63) is 82.0 Å². The van der Waals surface area contributed by atoms with Crippen molar-refractivity contribution < 1.29 is 14.4 Å². The molecule has 1 aromatic heterocycles. The number of nitrogens with one attached hydrogen (secondary N) is 2. The maximum atomic E-state index is 13.3. The minimum Gasteiger partial charge on any atom is -0.348 e. The molecule has 2 N–H and O–H groups in total. The van der Waals surface area contributed by atoms with Gasteiger partial charge in [-0.3, -0.25) is 14.5 Å². The Bertz CT molecular complexity index is 1210. The van der Waals surface area contributed by atoms with E-state index < -0.39 is 11.6 Å². The summed E-state index contributed by atoms with van der Waals surface area (Å²) in [6.07, 6.45) is 2.30.